The molecule has 0 fully saturated rings. The molecule has 4 rings (SSSR count). The van der Waals surface area contributed by atoms with Crippen LogP contribution in [0.2, 0.25) is 0 Å². The number of nitrogens with two attached hydrogens (primary N) is 1. The number of hydrogen-bond acceptors (Lipinski definition) is 8. The highest BCUT2D eigenvalue weighted by Gasteiger charge is 2.29. The number of nitrogen functional groups attached to an aromatic ring is 1. The normalized spacial score (nSPS) is 10.9. The fourth-order valence-electron chi connectivity index (χ4n) is 4.64. The quantitative estimate of drug-likeness (QED) is 0.312. The molecule has 0 saturated heterocycles. The third-order valence-corrected chi connectivity index (χ3v) is 6.14. The minimum Gasteiger partial charge on any atom is -0.465 e. The van der Waals surface area contributed by atoms with E-state index in [-0.39, 0.29) is 36.7 Å². The van der Waals surface area contributed by atoms with Gasteiger partial charge < -0.3 is 19.8 Å². The third kappa shape index (κ3) is 5.09. The molecule has 0 radical (unpaired) electrons. The number of nitriles is 1. The van der Waals surface area contributed by atoms with Gasteiger partial charge in [-0.25, -0.2) is 9.48 Å². The maximum Gasteiger partial charge on any atom is 0.357 e. The summed E-state index contributed by atoms with van der Waals surface area (Å²) in [6.45, 7) is 5.92. The molecule has 0 saturated carbocycles. The summed E-state index contributed by atoms with van der Waals surface area (Å²) in [6.07, 6.45) is 3.24. The van der Waals surface area contributed by atoms with Gasteiger partial charge in [-0.05, 0) is 37.5 Å². The second-order valence-electron chi connectivity index (χ2n) is 8.70. The topological polar surface area (TPSA) is 138 Å². The van der Waals surface area contributed by atoms with Gasteiger partial charge in [0.25, 0.3) is 0 Å². The van der Waals surface area contributed by atoms with Gasteiger partial charge in [0.05, 0.1) is 42.7 Å². The van der Waals surface area contributed by atoms with Crippen molar-refractivity contribution in [1.82, 2.24) is 19.6 Å². The first-order valence-corrected chi connectivity index (χ1v) is 12.6. The number of nitrogens with zero attached hydrogens (tertiary/aromatic N) is 5. The van der Waals surface area contributed by atoms with Crippen molar-refractivity contribution in [2.75, 3.05) is 18.9 Å². The van der Waals surface area contributed by atoms with Gasteiger partial charge in [-0.3, -0.25) is 4.79 Å². The second kappa shape index (κ2) is 11.6. The highest BCUT2D eigenvalue weighted by molar-refractivity contribution is 6.10. The summed E-state index contributed by atoms with van der Waals surface area (Å²) in [5.41, 5.74) is 10.3. The van der Waals surface area contributed by atoms with E-state index >= 15 is 0 Å². The Morgan fingerprint density at radius 1 is 1.11 bits per heavy atom. The van der Waals surface area contributed by atoms with Gasteiger partial charge in [0.2, 0.25) is 0 Å². The van der Waals surface area contributed by atoms with E-state index in [0.717, 1.165) is 17.5 Å². The maximum atomic E-state index is 13.0. The summed E-state index contributed by atoms with van der Waals surface area (Å²) < 4.78 is 13.5. The van der Waals surface area contributed by atoms with Gasteiger partial charge >= 0.3 is 11.9 Å². The van der Waals surface area contributed by atoms with Crippen molar-refractivity contribution in [2.24, 2.45) is 0 Å². The molecular weight excluding hydrogens is 484 g/mol. The molecule has 4 aromatic rings. The van der Waals surface area contributed by atoms with Gasteiger partial charge in [0, 0.05) is 10.9 Å². The number of aryl methyl sites for hydroxylation is 1. The highest BCUT2D eigenvalue weighted by atomic mass is 16.5. The number of anilines is 1. The summed E-state index contributed by atoms with van der Waals surface area (Å²) in [7, 11) is 0. The summed E-state index contributed by atoms with van der Waals surface area (Å²) in [4.78, 5) is 25.5. The Kier molecular flexibility index (Phi) is 8.06. The number of benzene rings is 2. The number of fused-ring (bicyclic) bond motifs is 1. The Bertz CT molecular complexity index is 1510. The zero-order chi connectivity index (χ0) is 27.2. The van der Waals surface area contributed by atoms with E-state index in [2.05, 4.69) is 16.4 Å². The van der Waals surface area contributed by atoms with Crippen molar-refractivity contribution in [2.45, 2.75) is 46.7 Å². The van der Waals surface area contributed by atoms with Gasteiger partial charge in [0.15, 0.2) is 5.69 Å². The van der Waals surface area contributed by atoms with E-state index in [0.29, 0.717) is 35.1 Å². The molecular formula is C28H30N6O4. The van der Waals surface area contributed by atoms with Gasteiger partial charge in [0.1, 0.15) is 18.3 Å². The summed E-state index contributed by atoms with van der Waals surface area (Å²) in [6, 6.07) is 14.0. The Morgan fingerprint density at radius 3 is 2.50 bits per heavy atom. The summed E-state index contributed by atoms with van der Waals surface area (Å²) in [5, 5.41) is 19.6. The molecule has 0 aliphatic carbocycles. The number of hydrogen-bond donors (Lipinski definition) is 1. The molecule has 0 bridgehead atoms. The number of carbonyl (C=O) groups excluding carboxylic acids is 2. The average molecular weight is 515 g/mol. The van der Waals surface area contributed by atoms with Crippen LogP contribution >= 0.6 is 0 Å². The molecule has 10 heteroatoms. The number of carbonyl (C=O) groups is 2. The number of rotatable bonds is 10. The molecule has 2 N–H and O–H groups in total. The van der Waals surface area contributed by atoms with Crippen molar-refractivity contribution < 1.29 is 19.1 Å². The lowest BCUT2D eigenvalue weighted by Gasteiger charge is -2.14. The first-order valence-electron chi connectivity index (χ1n) is 12.6. The SMILES string of the molecule is CCCc1cc2c(N)c(C(=O)OCC)n(CC(=O)OCC)c2c(C#N)c1-c1cn(Cc2ccccc2)nn1. The van der Waals surface area contributed by atoms with Gasteiger partial charge in [-0.1, -0.05) is 48.9 Å². The lowest BCUT2D eigenvalue weighted by Crippen LogP contribution is -2.20. The van der Waals surface area contributed by atoms with Crippen molar-refractivity contribution >= 4 is 28.5 Å². The van der Waals surface area contributed by atoms with E-state index in [1.807, 2.05) is 43.3 Å². The van der Waals surface area contributed by atoms with E-state index in [4.69, 9.17) is 15.2 Å². The minimum absolute atomic E-state index is 0.0127. The Balaban J connectivity index is 1.96. The monoisotopic (exact) mass is 514 g/mol. The largest absolute Gasteiger partial charge is 0.465 e. The summed E-state index contributed by atoms with van der Waals surface area (Å²) in [5.74, 6) is -1.24. The molecule has 0 aliphatic rings. The molecule has 0 aliphatic heterocycles. The van der Waals surface area contributed by atoms with E-state index in [9.17, 15) is 14.9 Å². The number of ether oxygens (including phenoxy) is 2. The van der Waals surface area contributed by atoms with Gasteiger partial charge in [-0.15, -0.1) is 5.10 Å². The van der Waals surface area contributed by atoms with Crippen LogP contribution in [0.5, 0.6) is 0 Å². The van der Waals surface area contributed by atoms with Crippen molar-refractivity contribution in [3.8, 4) is 17.3 Å². The van der Waals surface area contributed by atoms with Crippen LogP contribution in [0, 0.1) is 11.3 Å². The minimum atomic E-state index is -0.679. The maximum absolute atomic E-state index is 13.0. The zero-order valence-corrected chi connectivity index (χ0v) is 21.7. The van der Waals surface area contributed by atoms with Crippen LogP contribution in [-0.4, -0.2) is 44.7 Å². The first kappa shape index (κ1) is 26.4. The molecule has 2 aromatic carbocycles. The molecule has 0 unspecified atom stereocenters. The molecule has 2 heterocycles. The fraction of sp³-hybridized carbons (Fsp3) is 0.321. The van der Waals surface area contributed by atoms with Gasteiger partial charge in [-0.2, -0.15) is 5.26 Å². The van der Waals surface area contributed by atoms with Crippen LogP contribution in [0.4, 0.5) is 5.69 Å². The van der Waals surface area contributed by atoms with E-state index in [1.165, 1.54) is 4.57 Å². The first-order chi connectivity index (χ1) is 18.4. The number of esters is 2. The predicted octanol–water partition coefficient (Wildman–Crippen LogP) is 4.09. The van der Waals surface area contributed by atoms with Crippen molar-refractivity contribution in [3.63, 3.8) is 0 Å². The molecule has 2 aromatic heterocycles. The van der Waals surface area contributed by atoms with Crippen LogP contribution < -0.4 is 5.73 Å². The Morgan fingerprint density at radius 2 is 1.84 bits per heavy atom. The number of aromatic nitrogens is 4. The third-order valence-electron chi connectivity index (χ3n) is 6.14. The predicted molar refractivity (Wildman–Crippen MR) is 142 cm³/mol. The Hall–Kier alpha value is -4.65. The molecule has 0 amide bonds. The second-order valence-corrected chi connectivity index (χ2v) is 8.70. The molecule has 0 spiro atoms. The van der Waals surface area contributed by atoms with Crippen molar-refractivity contribution in [3.05, 3.63) is 65.0 Å². The van der Waals surface area contributed by atoms with Crippen LogP contribution in [0.15, 0.2) is 42.6 Å². The van der Waals surface area contributed by atoms with Crippen molar-refractivity contribution in [1.29, 1.82) is 5.26 Å². The highest BCUT2D eigenvalue weighted by Crippen LogP contribution is 2.39. The lowest BCUT2D eigenvalue weighted by molar-refractivity contribution is -0.143. The van der Waals surface area contributed by atoms with Crippen LogP contribution in [0.3, 0.4) is 0 Å². The molecule has 38 heavy (non-hydrogen) atoms. The smallest absolute Gasteiger partial charge is 0.357 e. The lowest BCUT2D eigenvalue weighted by atomic mass is 9.93. The molecule has 10 nitrogen and oxygen atoms in total. The Labute approximate surface area is 220 Å². The fourth-order valence-corrected chi connectivity index (χ4v) is 4.64. The van der Waals surface area contributed by atoms with Crippen LogP contribution in [-0.2, 0) is 33.8 Å². The molecule has 196 valence electrons. The zero-order valence-electron chi connectivity index (χ0n) is 21.7. The van der Waals surface area contributed by atoms with Crippen LogP contribution in [0.25, 0.3) is 22.2 Å². The summed E-state index contributed by atoms with van der Waals surface area (Å²) >= 11 is 0. The average Bonchev–Trinajstić information content (AvgIpc) is 3.46. The molecule has 0 atom stereocenters. The van der Waals surface area contributed by atoms with E-state index in [1.54, 1.807) is 24.7 Å². The van der Waals surface area contributed by atoms with E-state index < -0.39 is 11.9 Å². The van der Waals surface area contributed by atoms with Crippen LogP contribution in [0.1, 0.15) is 54.4 Å². The standard InChI is InChI=1S/C28H30N6O4/c1-4-10-19-13-20-25(30)27(28(36)38-6-3)34(17-23(35)37-5-2)26(20)21(14-29)24(19)22-16-33(32-31-22)15-18-11-8-7-9-12-18/h7-9,11-13,16H,4-6,10,15,17,30H2,1-3H3.